The summed E-state index contributed by atoms with van der Waals surface area (Å²) < 4.78 is 2.57. The molecule has 0 aliphatic carbocycles. The van der Waals surface area contributed by atoms with Gasteiger partial charge in [-0.05, 0) is 79.1 Å². The zero-order valence-electron chi connectivity index (χ0n) is 8.37. The van der Waals surface area contributed by atoms with E-state index >= 15 is 0 Å². The lowest BCUT2D eigenvalue weighted by Crippen LogP contribution is -1.98. The molecule has 0 heterocycles. The standard InChI is InChI=1S/C12H10I2P2/c13-10-6-8(15)2-3-9(10)7-1-4-12(16)11(14)5-7/h1-6H,15-16H2. The number of halogens is 2. The number of benzene rings is 2. The maximum absolute atomic E-state index is 2.75. The Morgan fingerprint density at radius 3 is 2.19 bits per heavy atom. The van der Waals surface area contributed by atoms with Crippen LogP contribution in [0.1, 0.15) is 0 Å². The van der Waals surface area contributed by atoms with E-state index in [1.54, 1.807) is 0 Å². The molecule has 0 aliphatic heterocycles. The fraction of sp³-hybridized carbons (Fsp3) is 0. The van der Waals surface area contributed by atoms with Gasteiger partial charge in [0.2, 0.25) is 0 Å². The van der Waals surface area contributed by atoms with Crippen molar-refractivity contribution in [2.45, 2.75) is 0 Å². The number of hydrogen-bond donors (Lipinski definition) is 0. The average Bonchev–Trinajstić information content (AvgIpc) is 2.22. The van der Waals surface area contributed by atoms with E-state index in [0.29, 0.717) is 0 Å². The van der Waals surface area contributed by atoms with Crippen LogP contribution in [0.15, 0.2) is 36.4 Å². The van der Waals surface area contributed by atoms with Crippen LogP contribution < -0.4 is 10.6 Å². The first-order valence-corrected chi connectivity index (χ1v) is 7.99. The van der Waals surface area contributed by atoms with Crippen LogP contribution in [0.3, 0.4) is 0 Å². The normalized spacial score (nSPS) is 10.5. The molecule has 0 amide bonds. The molecular formula is C12H10I2P2. The summed E-state index contributed by atoms with van der Waals surface area (Å²) in [5.74, 6) is 0. The van der Waals surface area contributed by atoms with E-state index in [9.17, 15) is 0 Å². The zero-order valence-corrected chi connectivity index (χ0v) is 15.0. The first-order chi connectivity index (χ1) is 7.58. The Morgan fingerprint density at radius 1 is 0.812 bits per heavy atom. The van der Waals surface area contributed by atoms with Gasteiger partial charge in [-0.15, -0.1) is 18.5 Å². The Bertz CT molecular complexity index is 539. The maximum atomic E-state index is 2.75. The molecule has 82 valence electrons. The maximum Gasteiger partial charge on any atom is 0.0214 e. The van der Waals surface area contributed by atoms with E-state index in [0.717, 1.165) is 0 Å². The third kappa shape index (κ3) is 2.95. The molecule has 2 atom stereocenters. The molecule has 0 aromatic heterocycles. The van der Waals surface area contributed by atoms with Crippen molar-refractivity contribution < 1.29 is 0 Å². The summed E-state index contributed by atoms with van der Waals surface area (Å²) >= 11 is 4.76. The Hall–Kier alpha value is 0.760. The topological polar surface area (TPSA) is 0 Å². The summed E-state index contributed by atoms with van der Waals surface area (Å²) in [6.45, 7) is 0. The second kappa shape index (κ2) is 5.60. The molecule has 2 aromatic rings. The molecule has 0 nitrogen and oxygen atoms in total. The van der Waals surface area contributed by atoms with E-state index in [4.69, 9.17) is 0 Å². The van der Waals surface area contributed by atoms with E-state index in [1.807, 2.05) is 0 Å². The largest absolute Gasteiger partial charge is 0.106 e. The lowest BCUT2D eigenvalue weighted by atomic mass is 10.1. The predicted octanol–water partition coefficient (Wildman–Crippen LogP) is 3.56. The summed E-state index contributed by atoms with van der Waals surface area (Å²) in [7, 11) is 5.48. The molecule has 16 heavy (non-hydrogen) atoms. The van der Waals surface area contributed by atoms with Crippen LogP contribution in [0, 0.1) is 7.14 Å². The molecule has 0 bridgehead atoms. The Morgan fingerprint density at radius 2 is 1.56 bits per heavy atom. The lowest BCUT2D eigenvalue weighted by Gasteiger charge is -2.07. The van der Waals surface area contributed by atoms with E-state index in [1.165, 1.54) is 28.9 Å². The monoisotopic (exact) mass is 470 g/mol. The molecule has 0 fully saturated rings. The van der Waals surface area contributed by atoms with E-state index in [2.05, 4.69) is 100 Å². The van der Waals surface area contributed by atoms with Gasteiger partial charge in [0, 0.05) is 7.14 Å². The lowest BCUT2D eigenvalue weighted by molar-refractivity contribution is 1.60. The second-order valence-electron chi connectivity index (χ2n) is 3.48. The van der Waals surface area contributed by atoms with Gasteiger partial charge < -0.3 is 0 Å². The van der Waals surface area contributed by atoms with Crippen LogP contribution in [0.25, 0.3) is 11.1 Å². The zero-order chi connectivity index (χ0) is 11.7. The van der Waals surface area contributed by atoms with Crippen molar-refractivity contribution in [2.24, 2.45) is 0 Å². The first kappa shape index (κ1) is 13.2. The minimum atomic E-state index is 1.23. The van der Waals surface area contributed by atoms with Crippen LogP contribution in [0.4, 0.5) is 0 Å². The smallest absolute Gasteiger partial charge is 0.0214 e. The molecule has 2 unspecified atom stereocenters. The predicted molar refractivity (Wildman–Crippen MR) is 96.0 cm³/mol. The van der Waals surface area contributed by atoms with Gasteiger partial charge in [-0.25, -0.2) is 0 Å². The molecule has 0 saturated heterocycles. The van der Waals surface area contributed by atoms with E-state index < -0.39 is 0 Å². The van der Waals surface area contributed by atoms with Crippen molar-refractivity contribution in [1.29, 1.82) is 0 Å². The Labute approximate surface area is 128 Å². The van der Waals surface area contributed by atoms with Crippen molar-refractivity contribution in [3.63, 3.8) is 0 Å². The van der Waals surface area contributed by atoms with Crippen molar-refractivity contribution in [3.8, 4) is 11.1 Å². The van der Waals surface area contributed by atoms with Crippen LogP contribution in [0.5, 0.6) is 0 Å². The summed E-state index contributed by atoms with van der Waals surface area (Å²) in [6, 6.07) is 13.0. The second-order valence-corrected chi connectivity index (χ2v) is 7.09. The van der Waals surface area contributed by atoms with Crippen LogP contribution in [0.2, 0.25) is 0 Å². The summed E-state index contributed by atoms with van der Waals surface area (Å²) in [5.41, 5.74) is 2.58. The summed E-state index contributed by atoms with van der Waals surface area (Å²) in [5, 5.41) is 2.48. The fourth-order valence-corrected chi connectivity index (χ4v) is 3.61. The van der Waals surface area contributed by atoms with Gasteiger partial charge in [0.1, 0.15) is 0 Å². The molecule has 2 rings (SSSR count). The highest BCUT2D eigenvalue weighted by molar-refractivity contribution is 14.1. The van der Waals surface area contributed by atoms with Crippen molar-refractivity contribution >= 4 is 74.3 Å². The number of hydrogen-bond acceptors (Lipinski definition) is 0. The molecule has 4 heteroatoms. The highest BCUT2D eigenvalue weighted by Gasteiger charge is 2.04. The van der Waals surface area contributed by atoms with Gasteiger partial charge in [-0.1, -0.05) is 24.3 Å². The molecule has 0 N–H and O–H groups in total. The van der Waals surface area contributed by atoms with E-state index in [-0.39, 0.29) is 0 Å². The molecular weight excluding hydrogens is 460 g/mol. The quantitative estimate of drug-likeness (QED) is 0.442. The van der Waals surface area contributed by atoms with Gasteiger partial charge in [-0.2, -0.15) is 0 Å². The Balaban J connectivity index is 2.54. The summed E-state index contributed by atoms with van der Waals surface area (Å²) in [4.78, 5) is 0. The minimum Gasteiger partial charge on any atom is -0.106 e. The van der Waals surface area contributed by atoms with Gasteiger partial charge in [0.25, 0.3) is 0 Å². The molecule has 0 spiro atoms. The molecule has 0 radical (unpaired) electrons. The van der Waals surface area contributed by atoms with Gasteiger partial charge >= 0.3 is 0 Å². The van der Waals surface area contributed by atoms with Crippen LogP contribution in [-0.2, 0) is 0 Å². The first-order valence-electron chi connectivity index (χ1n) is 4.68. The third-order valence-corrected chi connectivity index (χ3v) is 5.58. The molecule has 0 aliphatic rings. The van der Waals surface area contributed by atoms with Crippen LogP contribution in [-0.4, -0.2) is 0 Å². The van der Waals surface area contributed by atoms with Crippen LogP contribution >= 0.6 is 63.7 Å². The van der Waals surface area contributed by atoms with Crippen molar-refractivity contribution in [1.82, 2.24) is 0 Å². The van der Waals surface area contributed by atoms with Crippen molar-refractivity contribution in [2.75, 3.05) is 0 Å². The average molecular weight is 470 g/mol. The highest BCUT2D eigenvalue weighted by Crippen LogP contribution is 2.25. The minimum absolute atomic E-state index is 1.23. The Kier molecular flexibility index (Phi) is 4.62. The fourth-order valence-electron chi connectivity index (χ4n) is 1.46. The molecule has 0 saturated carbocycles. The highest BCUT2D eigenvalue weighted by atomic mass is 127. The van der Waals surface area contributed by atoms with Gasteiger partial charge in [0.15, 0.2) is 0 Å². The van der Waals surface area contributed by atoms with Gasteiger partial charge in [0.05, 0.1) is 0 Å². The van der Waals surface area contributed by atoms with Crippen molar-refractivity contribution in [3.05, 3.63) is 43.5 Å². The third-order valence-electron chi connectivity index (χ3n) is 2.30. The molecule has 2 aromatic carbocycles. The number of rotatable bonds is 1. The summed E-state index contributed by atoms with van der Waals surface area (Å²) in [6.07, 6.45) is 0. The van der Waals surface area contributed by atoms with Gasteiger partial charge in [-0.3, -0.25) is 0 Å². The SMILES string of the molecule is Pc1ccc(-c2ccc(P)c(I)c2)c(I)c1.